The van der Waals surface area contributed by atoms with E-state index in [-0.39, 0.29) is 28.5 Å². The van der Waals surface area contributed by atoms with Crippen molar-refractivity contribution in [2.24, 2.45) is 0 Å². The first-order valence-electron chi connectivity index (χ1n) is 4.34. The smallest absolute Gasteiger partial charge is 0.0949 e. The van der Waals surface area contributed by atoms with Crippen LogP contribution in [-0.4, -0.2) is 19.7 Å². The standard InChI is InChI=1S/C10H13NO.Au/c1-2-4-9(5-3-1)10-8-11-6-7-12-10;/h1-5,10-11H,6-8H2;. The van der Waals surface area contributed by atoms with Gasteiger partial charge in [-0.2, -0.15) is 0 Å². The molecule has 3 heteroatoms. The van der Waals surface area contributed by atoms with Crippen molar-refractivity contribution in [3.8, 4) is 0 Å². The van der Waals surface area contributed by atoms with E-state index in [2.05, 4.69) is 17.4 Å². The molecule has 0 aliphatic carbocycles. The zero-order valence-corrected chi connectivity index (χ0v) is 9.46. The molecule has 0 amide bonds. The van der Waals surface area contributed by atoms with Crippen LogP contribution in [0.1, 0.15) is 11.7 Å². The molecule has 1 atom stereocenters. The van der Waals surface area contributed by atoms with Gasteiger partial charge in [0.25, 0.3) is 0 Å². The van der Waals surface area contributed by atoms with Gasteiger partial charge in [0.05, 0.1) is 12.7 Å². The van der Waals surface area contributed by atoms with Crippen LogP contribution in [0.25, 0.3) is 0 Å². The van der Waals surface area contributed by atoms with Crippen LogP contribution in [0.15, 0.2) is 30.3 Å². The maximum absolute atomic E-state index is 5.60. The quantitative estimate of drug-likeness (QED) is 0.764. The summed E-state index contributed by atoms with van der Waals surface area (Å²) in [4.78, 5) is 0. The van der Waals surface area contributed by atoms with Crippen molar-refractivity contribution >= 4 is 0 Å². The number of nitrogens with one attached hydrogen (secondary N) is 1. The number of hydrogen-bond donors (Lipinski definition) is 1. The summed E-state index contributed by atoms with van der Waals surface area (Å²) in [6.07, 6.45) is 0.250. The fourth-order valence-electron chi connectivity index (χ4n) is 1.45. The average Bonchev–Trinajstić information content (AvgIpc) is 2.21. The molecule has 75 valence electrons. The molecule has 2 nitrogen and oxygen atoms in total. The van der Waals surface area contributed by atoms with Crippen molar-refractivity contribution < 1.29 is 27.1 Å². The molecule has 1 saturated heterocycles. The molecule has 1 aromatic carbocycles. The van der Waals surface area contributed by atoms with Gasteiger partial charge in [-0.05, 0) is 5.56 Å². The van der Waals surface area contributed by atoms with Gasteiger partial charge in [0.15, 0.2) is 0 Å². The maximum Gasteiger partial charge on any atom is 0.0949 e. The molecule has 2 rings (SSSR count). The van der Waals surface area contributed by atoms with Gasteiger partial charge in [-0.1, -0.05) is 30.3 Å². The Hall–Kier alpha value is -0.120. The number of rotatable bonds is 1. The first kappa shape index (κ1) is 11.0. The van der Waals surface area contributed by atoms with E-state index in [9.17, 15) is 0 Å². The Kier molecular flexibility index (Phi) is 4.70. The second kappa shape index (κ2) is 5.58. The summed E-state index contributed by atoms with van der Waals surface area (Å²) in [6, 6.07) is 10.3. The van der Waals surface area contributed by atoms with Crippen LogP contribution in [0.3, 0.4) is 0 Å². The molecule has 1 unspecified atom stereocenters. The summed E-state index contributed by atoms with van der Waals surface area (Å²) in [5, 5.41) is 3.31. The number of morpholine rings is 1. The summed E-state index contributed by atoms with van der Waals surface area (Å²) in [7, 11) is 0. The zero-order valence-electron chi connectivity index (χ0n) is 7.30. The Morgan fingerprint density at radius 1 is 1.23 bits per heavy atom. The third-order valence-corrected chi connectivity index (χ3v) is 2.10. The van der Waals surface area contributed by atoms with Gasteiger partial charge in [0.1, 0.15) is 0 Å². The molecular formula is C10H13AuNO. The van der Waals surface area contributed by atoms with E-state index in [1.165, 1.54) is 5.56 Å². The Morgan fingerprint density at radius 3 is 2.62 bits per heavy atom. The Balaban J connectivity index is 0.000000845. The third-order valence-electron chi connectivity index (χ3n) is 2.10. The van der Waals surface area contributed by atoms with Crippen molar-refractivity contribution in [2.45, 2.75) is 6.10 Å². The van der Waals surface area contributed by atoms with Gasteiger partial charge < -0.3 is 10.1 Å². The fourth-order valence-corrected chi connectivity index (χ4v) is 1.45. The molecule has 0 spiro atoms. The Bertz CT molecular complexity index is 234. The van der Waals surface area contributed by atoms with Crippen molar-refractivity contribution in [2.75, 3.05) is 19.7 Å². The van der Waals surface area contributed by atoms with Crippen LogP contribution < -0.4 is 5.32 Å². The van der Waals surface area contributed by atoms with E-state index in [0.717, 1.165) is 19.7 Å². The van der Waals surface area contributed by atoms with Crippen LogP contribution >= 0.6 is 0 Å². The number of ether oxygens (including phenoxy) is 1. The van der Waals surface area contributed by atoms with Crippen LogP contribution in [-0.2, 0) is 27.1 Å². The molecule has 1 radical (unpaired) electrons. The van der Waals surface area contributed by atoms with Crippen LogP contribution in [0.5, 0.6) is 0 Å². The monoisotopic (exact) mass is 360 g/mol. The van der Waals surface area contributed by atoms with E-state index in [0.29, 0.717) is 0 Å². The summed E-state index contributed by atoms with van der Waals surface area (Å²) in [6.45, 7) is 2.73. The van der Waals surface area contributed by atoms with E-state index >= 15 is 0 Å². The largest absolute Gasteiger partial charge is 0.371 e. The fraction of sp³-hybridized carbons (Fsp3) is 0.400. The van der Waals surface area contributed by atoms with E-state index in [1.54, 1.807) is 0 Å². The average molecular weight is 360 g/mol. The Morgan fingerprint density at radius 2 is 2.00 bits per heavy atom. The molecule has 1 fully saturated rings. The molecule has 1 aliphatic heterocycles. The minimum atomic E-state index is 0. The van der Waals surface area contributed by atoms with Crippen molar-refractivity contribution in [1.29, 1.82) is 0 Å². The van der Waals surface area contributed by atoms with Crippen molar-refractivity contribution in [1.82, 2.24) is 5.32 Å². The van der Waals surface area contributed by atoms with Gasteiger partial charge >= 0.3 is 0 Å². The molecule has 0 bridgehead atoms. The molecule has 1 aliphatic rings. The van der Waals surface area contributed by atoms with Crippen LogP contribution in [0.2, 0.25) is 0 Å². The van der Waals surface area contributed by atoms with Gasteiger partial charge in [0, 0.05) is 35.5 Å². The number of benzene rings is 1. The Labute approximate surface area is 94.2 Å². The van der Waals surface area contributed by atoms with Crippen molar-refractivity contribution in [3.63, 3.8) is 0 Å². The minimum absolute atomic E-state index is 0. The molecule has 1 aromatic rings. The van der Waals surface area contributed by atoms with E-state index in [1.807, 2.05) is 18.2 Å². The second-order valence-corrected chi connectivity index (χ2v) is 2.97. The first-order valence-corrected chi connectivity index (χ1v) is 4.34. The normalized spacial score (nSPS) is 22.0. The third kappa shape index (κ3) is 2.93. The summed E-state index contributed by atoms with van der Waals surface area (Å²) in [5.74, 6) is 0. The van der Waals surface area contributed by atoms with Gasteiger partial charge in [-0.3, -0.25) is 0 Å². The summed E-state index contributed by atoms with van der Waals surface area (Å²) in [5.41, 5.74) is 1.27. The maximum atomic E-state index is 5.60. The van der Waals surface area contributed by atoms with Gasteiger partial charge in [-0.25, -0.2) is 0 Å². The summed E-state index contributed by atoms with van der Waals surface area (Å²) >= 11 is 0. The molecule has 13 heavy (non-hydrogen) atoms. The van der Waals surface area contributed by atoms with Crippen LogP contribution in [0, 0.1) is 0 Å². The van der Waals surface area contributed by atoms with Crippen molar-refractivity contribution in [3.05, 3.63) is 35.9 Å². The molecule has 1 N–H and O–H groups in total. The van der Waals surface area contributed by atoms with Gasteiger partial charge in [-0.15, -0.1) is 0 Å². The molecule has 1 heterocycles. The SMILES string of the molecule is [Au].c1ccc(C2CNCCO2)cc1. The molecule has 0 saturated carbocycles. The summed E-state index contributed by atoms with van der Waals surface area (Å²) < 4.78 is 5.60. The topological polar surface area (TPSA) is 21.3 Å². The molecular weight excluding hydrogens is 347 g/mol. The first-order chi connectivity index (χ1) is 5.97. The van der Waals surface area contributed by atoms with Gasteiger partial charge in [0.2, 0.25) is 0 Å². The minimum Gasteiger partial charge on any atom is -0.371 e. The predicted octanol–water partition coefficient (Wildman–Crippen LogP) is 1.34. The molecule has 0 aromatic heterocycles. The zero-order chi connectivity index (χ0) is 8.23. The van der Waals surface area contributed by atoms with E-state index < -0.39 is 0 Å². The second-order valence-electron chi connectivity index (χ2n) is 2.97. The number of hydrogen-bond acceptors (Lipinski definition) is 2. The van der Waals surface area contributed by atoms with Crippen LogP contribution in [0.4, 0.5) is 0 Å². The van der Waals surface area contributed by atoms with E-state index in [4.69, 9.17) is 4.74 Å². The predicted molar refractivity (Wildman–Crippen MR) is 48.0 cm³/mol.